The van der Waals surface area contributed by atoms with Crippen molar-refractivity contribution in [1.29, 1.82) is 5.26 Å². The van der Waals surface area contributed by atoms with Gasteiger partial charge in [0.1, 0.15) is 16.6 Å². The zero-order valence-electron chi connectivity index (χ0n) is 10.1. The van der Waals surface area contributed by atoms with E-state index in [-0.39, 0.29) is 0 Å². The standard InChI is InChI=1S/C11H12N6S2/c12-7-8-9(13)15-19-10(8)16-2-4-17(5-3-16)11-14-1-6-18-11/h1,6H,2-5H2,(H2,13,15). The van der Waals surface area contributed by atoms with Crippen LogP contribution < -0.4 is 15.5 Å². The Morgan fingerprint density at radius 1 is 1.26 bits per heavy atom. The van der Waals surface area contributed by atoms with Crippen LogP contribution in [0.15, 0.2) is 11.6 Å². The Morgan fingerprint density at radius 2 is 2.00 bits per heavy atom. The second kappa shape index (κ2) is 5.03. The Labute approximate surface area is 118 Å². The molecule has 6 nitrogen and oxygen atoms in total. The molecule has 0 saturated carbocycles. The molecule has 2 aromatic heterocycles. The molecular formula is C11H12N6S2. The molecular weight excluding hydrogens is 280 g/mol. The first-order chi connectivity index (χ1) is 9.29. The summed E-state index contributed by atoms with van der Waals surface area (Å²) in [7, 11) is 0. The number of piperazine rings is 1. The van der Waals surface area contributed by atoms with E-state index >= 15 is 0 Å². The van der Waals surface area contributed by atoms with E-state index in [2.05, 4.69) is 25.2 Å². The fourth-order valence-corrected chi connectivity index (χ4v) is 3.60. The smallest absolute Gasteiger partial charge is 0.185 e. The van der Waals surface area contributed by atoms with Crippen LogP contribution in [0.2, 0.25) is 0 Å². The highest BCUT2D eigenvalue weighted by Crippen LogP contribution is 2.31. The van der Waals surface area contributed by atoms with Gasteiger partial charge >= 0.3 is 0 Å². The minimum atomic E-state index is 0.338. The van der Waals surface area contributed by atoms with Gasteiger partial charge in [0, 0.05) is 37.8 Å². The lowest BCUT2D eigenvalue weighted by molar-refractivity contribution is 0.655. The molecule has 8 heteroatoms. The number of nitrogens with zero attached hydrogens (tertiary/aromatic N) is 5. The van der Waals surface area contributed by atoms with Crippen molar-refractivity contribution < 1.29 is 0 Å². The third-order valence-electron chi connectivity index (χ3n) is 3.07. The molecule has 3 heterocycles. The minimum absolute atomic E-state index is 0.338. The van der Waals surface area contributed by atoms with E-state index in [1.54, 1.807) is 11.3 Å². The fraction of sp³-hybridized carbons (Fsp3) is 0.364. The van der Waals surface area contributed by atoms with Gasteiger partial charge in [-0.2, -0.15) is 9.64 Å². The Morgan fingerprint density at radius 3 is 2.63 bits per heavy atom. The number of nitriles is 1. The highest BCUT2D eigenvalue weighted by Gasteiger charge is 2.23. The van der Waals surface area contributed by atoms with E-state index in [1.165, 1.54) is 11.5 Å². The summed E-state index contributed by atoms with van der Waals surface area (Å²) in [6.45, 7) is 3.51. The van der Waals surface area contributed by atoms with E-state index in [9.17, 15) is 0 Å². The van der Waals surface area contributed by atoms with Gasteiger partial charge in [-0.25, -0.2) is 4.98 Å². The predicted molar refractivity (Wildman–Crippen MR) is 77.8 cm³/mol. The maximum atomic E-state index is 9.11. The molecule has 1 saturated heterocycles. The lowest BCUT2D eigenvalue weighted by Gasteiger charge is -2.34. The van der Waals surface area contributed by atoms with E-state index in [4.69, 9.17) is 11.0 Å². The van der Waals surface area contributed by atoms with E-state index in [1.807, 2.05) is 11.6 Å². The number of nitrogens with two attached hydrogens (primary N) is 1. The summed E-state index contributed by atoms with van der Waals surface area (Å²) in [5, 5.41) is 13.0. The molecule has 0 aliphatic carbocycles. The Hall–Kier alpha value is -1.85. The lowest BCUT2D eigenvalue weighted by Crippen LogP contribution is -2.46. The minimum Gasteiger partial charge on any atom is -0.382 e. The molecule has 0 atom stereocenters. The van der Waals surface area contributed by atoms with E-state index in [0.717, 1.165) is 36.3 Å². The summed E-state index contributed by atoms with van der Waals surface area (Å²) in [6, 6.07) is 2.14. The molecule has 1 fully saturated rings. The third kappa shape index (κ3) is 2.22. The molecule has 0 unspecified atom stereocenters. The van der Waals surface area contributed by atoms with Crippen molar-refractivity contribution >= 4 is 38.8 Å². The maximum absolute atomic E-state index is 9.11. The molecule has 1 aliphatic heterocycles. The normalized spacial score (nSPS) is 15.5. The number of anilines is 3. The molecule has 19 heavy (non-hydrogen) atoms. The number of aromatic nitrogens is 2. The third-order valence-corrected chi connectivity index (χ3v) is 4.82. The van der Waals surface area contributed by atoms with Crippen LogP contribution in [-0.4, -0.2) is 35.5 Å². The van der Waals surface area contributed by atoms with Gasteiger partial charge in [-0.1, -0.05) is 0 Å². The van der Waals surface area contributed by atoms with Crippen LogP contribution in [0.1, 0.15) is 5.56 Å². The van der Waals surface area contributed by atoms with Crippen LogP contribution in [0.3, 0.4) is 0 Å². The zero-order valence-corrected chi connectivity index (χ0v) is 11.7. The molecule has 0 spiro atoms. The summed E-state index contributed by atoms with van der Waals surface area (Å²) < 4.78 is 4.06. The first kappa shape index (κ1) is 12.2. The van der Waals surface area contributed by atoms with Gasteiger partial charge in [0.25, 0.3) is 0 Å². The van der Waals surface area contributed by atoms with Crippen molar-refractivity contribution in [2.45, 2.75) is 0 Å². The Bertz CT molecular complexity index is 591. The van der Waals surface area contributed by atoms with E-state index in [0.29, 0.717) is 11.4 Å². The number of hydrogen-bond donors (Lipinski definition) is 1. The zero-order chi connectivity index (χ0) is 13.2. The van der Waals surface area contributed by atoms with Crippen molar-refractivity contribution in [3.8, 4) is 6.07 Å². The second-order valence-corrected chi connectivity index (χ2v) is 5.77. The van der Waals surface area contributed by atoms with Gasteiger partial charge in [-0.05, 0) is 11.5 Å². The molecule has 1 aliphatic rings. The largest absolute Gasteiger partial charge is 0.382 e. The van der Waals surface area contributed by atoms with Gasteiger partial charge < -0.3 is 15.5 Å². The van der Waals surface area contributed by atoms with Crippen molar-refractivity contribution in [2.24, 2.45) is 0 Å². The summed E-state index contributed by atoms with van der Waals surface area (Å²) in [5.41, 5.74) is 6.20. The first-order valence-corrected chi connectivity index (χ1v) is 7.49. The van der Waals surface area contributed by atoms with Gasteiger partial charge in [-0.15, -0.1) is 11.3 Å². The van der Waals surface area contributed by atoms with Crippen LogP contribution in [-0.2, 0) is 0 Å². The van der Waals surface area contributed by atoms with Gasteiger partial charge in [0.2, 0.25) is 0 Å². The SMILES string of the molecule is N#Cc1c(N)nsc1N1CCN(c2nccs2)CC1. The number of rotatable bonds is 2. The quantitative estimate of drug-likeness (QED) is 0.900. The number of thiazole rings is 1. The maximum Gasteiger partial charge on any atom is 0.185 e. The van der Waals surface area contributed by atoms with Gasteiger partial charge in [0.15, 0.2) is 10.9 Å². The Kier molecular flexibility index (Phi) is 3.23. The van der Waals surface area contributed by atoms with Gasteiger partial charge in [0.05, 0.1) is 0 Å². The molecule has 98 valence electrons. The van der Waals surface area contributed by atoms with E-state index < -0.39 is 0 Å². The fourth-order valence-electron chi connectivity index (χ4n) is 2.09. The highest BCUT2D eigenvalue weighted by atomic mass is 32.1. The molecule has 2 aromatic rings. The van der Waals surface area contributed by atoms with Crippen molar-refractivity contribution in [1.82, 2.24) is 9.36 Å². The van der Waals surface area contributed by atoms with Crippen LogP contribution in [0.5, 0.6) is 0 Å². The Balaban J connectivity index is 1.72. The van der Waals surface area contributed by atoms with Gasteiger partial charge in [-0.3, -0.25) is 0 Å². The summed E-state index contributed by atoms with van der Waals surface area (Å²) in [5.74, 6) is 0.338. The highest BCUT2D eigenvalue weighted by molar-refractivity contribution is 7.13. The van der Waals surface area contributed by atoms with Crippen molar-refractivity contribution in [2.75, 3.05) is 41.7 Å². The topological polar surface area (TPSA) is 82.1 Å². The van der Waals surface area contributed by atoms with Crippen LogP contribution in [0.25, 0.3) is 0 Å². The number of nitrogen functional groups attached to an aromatic ring is 1. The van der Waals surface area contributed by atoms with Crippen LogP contribution >= 0.6 is 22.9 Å². The average Bonchev–Trinajstić information content (AvgIpc) is 3.08. The molecule has 0 amide bonds. The molecule has 0 aromatic carbocycles. The summed E-state index contributed by atoms with van der Waals surface area (Å²) in [6.07, 6.45) is 1.82. The number of hydrogen-bond acceptors (Lipinski definition) is 8. The first-order valence-electron chi connectivity index (χ1n) is 5.84. The second-order valence-electron chi connectivity index (χ2n) is 4.15. The lowest BCUT2D eigenvalue weighted by atomic mass is 10.3. The summed E-state index contributed by atoms with van der Waals surface area (Å²) >= 11 is 2.96. The summed E-state index contributed by atoms with van der Waals surface area (Å²) in [4.78, 5) is 8.76. The van der Waals surface area contributed by atoms with Crippen LogP contribution in [0.4, 0.5) is 16.0 Å². The molecule has 0 radical (unpaired) electrons. The molecule has 0 bridgehead atoms. The predicted octanol–water partition coefficient (Wildman–Crippen LogP) is 1.38. The molecule has 3 rings (SSSR count). The average molecular weight is 292 g/mol. The van der Waals surface area contributed by atoms with Crippen LogP contribution in [0, 0.1) is 11.3 Å². The monoisotopic (exact) mass is 292 g/mol. The van der Waals surface area contributed by atoms with Crippen molar-refractivity contribution in [3.05, 3.63) is 17.1 Å². The molecule has 2 N–H and O–H groups in total. The van der Waals surface area contributed by atoms with Crippen molar-refractivity contribution in [3.63, 3.8) is 0 Å².